The van der Waals surface area contributed by atoms with Gasteiger partial charge in [0.05, 0.1) is 0 Å². The zero-order valence-corrected chi connectivity index (χ0v) is 15.5. The fourth-order valence-corrected chi connectivity index (χ4v) is 0. The molecule has 70 valence electrons. The first-order valence-electron chi connectivity index (χ1n) is 2.73. The van der Waals surface area contributed by atoms with E-state index in [1.54, 1.807) is 0 Å². The van der Waals surface area contributed by atoms with Crippen LogP contribution in [-0.2, 0) is 0 Å². The molecule has 0 atom stereocenters. The molecule has 0 aromatic carbocycles. The Balaban J connectivity index is -0.00000000848. The van der Waals surface area contributed by atoms with E-state index in [2.05, 4.69) is 46.4 Å². The van der Waals surface area contributed by atoms with Gasteiger partial charge in [-0.05, 0) is 0 Å². The Bertz CT molecular complexity index is 28.0. The molecule has 6 heteroatoms. The Kier molecular flexibility index (Phi) is 173. The highest BCUT2D eigenvalue weighted by Gasteiger charge is 1.56. The quantitative estimate of drug-likeness (QED) is 0.419. The van der Waals surface area contributed by atoms with Crippen molar-refractivity contribution in [2.45, 2.75) is 30.8 Å². The number of hydrogen-bond acceptors (Lipinski definition) is 0. The minimum absolute atomic E-state index is 0. The highest BCUT2D eigenvalue weighted by Crippen LogP contribution is 1.73. The third-order valence-corrected chi connectivity index (χ3v) is 0.866. The van der Waals surface area contributed by atoms with Crippen molar-refractivity contribution in [2.75, 3.05) is 0 Å². The summed E-state index contributed by atoms with van der Waals surface area (Å²) in [6.45, 7) is 4.25. The number of rotatable bonds is 1. The molecule has 0 bridgehead atoms. The molecule has 0 N–H and O–H groups in total. The maximum atomic E-state index is 2.66. The molecule has 0 amide bonds. The van der Waals surface area contributed by atoms with Gasteiger partial charge >= 0.3 is 0 Å². The van der Waals surface area contributed by atoms with E-state index in [4.69, 9.17) is 0 Å². The summed E-state index contributed by atoms with van der Waals surface area (Å²) in [5.74, 6) is 0. The average molecular weight is 455 g/mol. The van der Waals surface area contributed by atoms with Crippen LogP contribution in [0.5, 0.6) is 0 Å². The molecule has 0 aliphatic carbocycles. The molecule has 0 unspecified atom stereocenters. The Labute approximate surface area is 134 Å². The summed E-state index contributed by atoms with van der Waals surface area (Å²) in [5.41, 5.74) is 0. The lowest BCUT2D eigenvalue weighted by Crippen LogP contribution is -1.55. The van der Waals surface area contributed by atoms with Gasteiger partial charge in [0.25, 0.3) is 0 Å². The van der Waals surface area contributed by atoms with Crippen molar-refractivity contribution < 1.29 is 0 Å². The molecule has 0 aliphatic rings. The lowest BCUT2D eigenvalue weighted by Gasteiger charge is -1.68. The van der Waals surface area contributed by atoms with Crippen molar-refractivity contribution >= 4 is 105 Å². The van der Waals surface area contributed by atoms with Crippen molar-refractivity contribution in [3.05, 3.63) is 0 Å². The van der Waals surface area contributed by atoms with Crippen molar-refractivity contribution in [1.29, 1.82) is 0 Å². The molecule has 0 aromatic rings. The SMILES string of the molecule is CC[CH2][Al].C[CH2][Al].Cl.Cl.I.I. The van der Waals surface area contributed by atoms with Crippen LogP contribution < -0.4 is 0 Å². The topological polar surface area (TPSA) is 0 Å². The highest BCUT2D eigenvalue weighted by molar-refractivity contribution is 14.0. The van der Waals surface area contributed by atoms with Crippen molar-refractivity contribution in [2.24, 2.45) is 0 Å². The molecule has 4 radical (unpaired) electrons. The average Bonchev–Trinajstić information content (AvgIpc) is 1.69. The maximum absolute atomic E-state index is 2.66. The number of hydrogen-bond donors (Lipinski definition) is 0. The predicted octanol–water partition coefficient (Wildman–Crippen LogP) is 3.66. The van der Waals surface area contributed by atoms with Gasteiger partial charge in [0.2, 0.25) is 0 Å². The first-order chi connectivity index (χ1) is 3.33. The first kappa shape index (κ1) is 36.9. The summed E-state index contributed by atoms with van der Waals surface area (Å²) >= 11 is 5.23. The monoisotopic (exact) mass is 454 g/mol. The van der Waals surface area contributed by atoms with E-state index in [0.29, 0.717) is 0 Å². The van der Waals surface area contributed by atoms with Crippen LogP contribution in [0.1, 0.15) is 20.3 Å². The van der Waals surface area contributed by atoms with E-state index in [1.165, 1.54) is 17.0 Å². The van der Waals surface area contributed by atoms with Crippen molar-refractivity contribution in [3.63, 3.8) is 0 Å². The molecule has 0 fully saturated rings. The van der Waals surface area contributed by atoms with Crippen LogP contribution in [0.3, 0.4) is 0 Å². The van der Waals surface area contributed by atoms with Crippen molar-refractivity contribution in [3.8, 4) is 0 Å². The van der Waals surface area contributed by atoms with Gasteiger partial charge in [-0.25, -0.2) is 0 Å². The van der Waals surface area contributed by atoms with Gasteiger partial charge in [-0.1, -0.05) is 20.3 Å². The Morgan fingerprint density at radius 2 is 1.00 bits per heavy atom. The lowest BCUT2D eigenvalue weighted by molar-refractivity contribution is 1.08. The first-order valence-corrected chi connectivity index (χ1v) is 4.36. The van der Waals surface area contributed by atoms with Crippen LogP contribution in [-0.4, -0.2) is 32.6 Å². The van der Waals surface area contributed by atoms with Crippen LogP contribution >= 0.6 is 72.8 Å². The summed E-state index contributed by atoms with van der Waals surface area (Å²) in [6.07, 6.45) is 1.28. The van der Waals surface area contributed by atoms with Gasteiger partial charge in [0, 0.05) is 0 Å². The van der Waals surface area contributed by atoms with Crippen LogP contribution in [0.25, 0.3) is 0 Å². The standard InChI is InChI=1S/C3H7.C2H5.2Al.2ClH.2HI/c1-3-2;1-2;;;;;;/h1,3H2,2H3;1H2,2H3;;;4*1H. The lowest BCUT2D eigenvalue weighted by atomic mass is 10.6. The Morgan fingerprint density at radius 1 is 0.909 bits per heavy atom. The third-order valence-electron chi connectivity index (χ3n) is 0.289. The van der Waals surface area contributed by atoms with Gasteiger partial charge in [0.1, 0.15) is 32.6 Å². The van der Waals surface area contributed by atoms with Crippen LogP contribution in [0.2, 0.25) is 10.6 Å². The van der Waals surface area contributed by atoms with E-state index in [1.807, 2.05) is 0 Å². The maximum Gasteiger partial charge on any atom is 0.118 e. The summed E-state index contributed by atoms with van der Waals surface area (Å²) < 4.78 is 0. The van der Waals surface area contributed by atoms with E-state index in [9.17, 15) is 0 Å². The zero-order chi connectivity index (χ0) is 6.12. The molecule has 0 nitrogen and oxygen atoms in total. The summed E-state index contributed by atoms with van der Waals surface area (Å²) in [6, 6.07) is 0. The summed E-state index contributed by atoms with van der Waals surface area (Å²) in [7, 11) is 0. The van der Waals surface area contributed by atoms with Crippen LogP contribution in [0, 0.1) is 0 Å². The van der Waals surface area contributed by atoms with Crippen molar-refractivity contribution in [1.82, 2.24) is 0 Å². The molecular weight excluding hydrogens is 439 g/mol. The second-order valence-corrected chi connectivity index (χ2v) is 2.59. The fourth-order valence-electron chi connectivity index (χ4n) is 0. The fraction of sp³-hybridized carbons (Fsp3) is 1.00. The van der Waals surface area contributed by atoms with E-state index >= 15 is 0 Å². The van der Waals surface area contributed by atoms with Gasteiger partial charge in [0.15, 0.2) is 0 Å². The zero-order valence-electron chi connectivity index (χ0n) is 6.91. The predicted molar refractivity (Wildman–Crippen MR) is 82.4 cm³/mol. The third kappa shape index (κ3) is 95.9. The molecule has 0 aliphatic heterocycles. The normalized spacial score (nSPS) is 4.18. The smallest absolute Gasteiger partial charge is 0.118 e. The minimum atomic E-state index is 0. The van der Waals surface area contributed by atoms with Gasteiger partial charge < -0.3 is 0 Å². The highest BCUT2D eigenvalue weighted by atomic mass is 127. The van der Waals surface area contributed by atoms with E-state index < -0.39 is 0 Å². The summed E-state index contributed by atoms with van der Waals surface area (Å²) in [4.78, 5) is 0. The van der Waals surface area contributed by atoms with Gasteiger partial charge in [-0.2, -0.15) is 0 Å². The summed E-state index contributed by atoms with van der Waals surface area (Å²) in [5, 5.41) is 2.40. The second-order valence-electron chi connectivity index (χ2n) is 1.20. The molecule has 0 heterocycles. The second kappa shape index (κ2) is 51.5. The molecule has 0 aromatic heterocycles. The van der Waals surface area contributed by atoms with Crippen LogP contribution in [0.15, 0.2) is 0 Å². The van der Waals surface area contributed by atoms with Gasteiger partial charge in [-0.3, -0.25) is 0 Å². The molecular formula is C5H16Al2Cl2I2. The molecule has 0 saturated heterocycles. The Morgan fingerprint density at radius 3 is 1.00 bits per heavy atom. The van der Waals surface area contributed by atoms with Gasteiger partial charge in [-0.15, -0.1) is 83.3 Å². The van der Waals surface area contributed by atoms with E-state index in [-0.39, 0.29) is 72.8 Å². The molecule has 0 spiro atoms. The molecule has 0 rings (SSSR count). The number of halogens is 4. The largest absolute Gasteiger partial charge is 0.147 e. The Hall–Kier alpha value is 3.10. The molecule has 0 saturated carbocycles. The van der Waals surface area contributed by atoms with Crippen LogP contribution in [0.4, 0.5) is 0 Å². The molecule has 11 heavy (non-hydrogen) atoms. The van der Waals surface area contributed by atoms with E-state index in [0.717, 1.165) is 0 Å². The minimum Gasteiger partial charge on any atom is -0.147 e.